The molecule has 8 heteroatoms. The summed E-state index contributed by atoms with van der Waals surface area (Å²) in [5, 5.41) is 18.1. The average Bonchev–Trinajstić information content (AvgIpc) is 2.46. The smallest absolute Gasteiger partial charge is 0.416 e. The number of aromatic nitrogens is 1. The van der Waals surface area contributed by atoms with Crippen LogP contribution in [0.25, 0.3) is 5.69 Å². The Bertz CT molecular complexity index is 892. The Kier molecular flexibility index (Phi) is 3.97. The van der Waals surface area contributed by atoms with Gasteiger partial charge in [0.2, 0.25) is 0 Å². The van der Waals surface area contributed by atoms with Crippen molar-refractivity contribution in [1.82, 2.24) is 4.57 Å². The van der Waals surface area contributed by atoms with Gasteiger partial charge in [-0.25, -0.2) is 4.79 Å². The van der Waals surface area contributed by atoms with Gasteiger partial charge in [0.25, 0.3) is 5.56 Å². The zero-order chi connectivity index (χ0) is 17.4. The van der Waals surface area contributed by atoms with Gasteiger partial charge in [-0.1, -0.05) is 6.07 Å². The molecule has 1 N–H and O–H groups in total. The highest BCUT2D eigenvalue weighted by molar-refractivity contribution is 5.87. The third-order valence-electron chi connectivity index (χ3n) is 3.23. The summed E-state index contributed by atoms with van der Waals surface area (Å²) >= 11 is 0. The highest BCUT2D eigenvalue weighted by Crippen LogP contribution is 2.30. The van der Waals surface area contributed by atoms with Gasteiger partial charge < -0.3 is 5.11 Å². The molecule has 5 nitrogen and oxygen atoms in total. The molecule has 1 aromatic carbocycles. The first-order chi connectivity index (χ1) is 10.7. The predicted molar refractivity (Wildman–Crippen MR) is 73.5 cm³/mol. The molecular formula is C15H9F3N2O3. The molecule has 0 saturated carbocycles. The van der Waals surface area contributed by atoms with Gasteiger partial charge in [0.1, 0.15) is 11.6 Å². The maximum atomic E-state index is 12.8. The molecule has 0 radical (unpaired) electrons. The largest absolute Gasteiger partial charge is 0.477 e. The molecule has 23 heavy (non-hydrogen) atoms. The van der Waals surface area contributed by atoms with Gasteiger partial charge in [-0.3, -0.25) is 9.36 Å². The summed E-state index contributed by atoms with van der Waals surface area (Å²) in [6.07, 6.45) is -4.62. The molecule has 118 valence electrons. The van der Waals surface area contributed by atoms with Crippen LogP contribution in [-0.2, 0) is 6.18 Å². The van der Waals surface area contributed by atoms with Crippen LogP contribution in [-0.4, -0.2) is 15.6 Å². The number of alkyl halides is 3. The van der Waals surface area contributed by atoms with E-state index in [1.807, 2.05) is 0 Å². The molecule has 2 aromatic rings. The number of halogens is 3. The Morgan fingerprint density at radius 3 is 2.48 bits per heavy atom. The van der Waals surface area contributed by atoms with Crippen molar-refractivity contribution < 1.29 is 23.1 Å². The van der Waals surface area contributed by atoms with Crippen molar-refractivity contribution >= 4 is 5.97 Å². The maximum absolute atomic E-state index is 12.8. The number of carboxylic acids is 1. The van der Waals surface area contributed by atoms with Gasteiger partial charge in [-0.15, -0.1) is 0 Å². The minimum absolute atomic E-state index is 0.0572. The van der Waals surface area contributed by atoms with E-state index in [1.54, 1.807) is 6.07 Å². The van der Waals surface area contributed by atoms with Gasteiger partial charge in [-0.2, -0.15) is 18.4 Å². The number of aromatic carboxylic acids is 1. The molecule has 0 amide bonds. The Morgan fingerprint density at radius 1 is 1.30 bits per heavy atom. The Labute approximate surface area is 127 Å². The van der Waals surface area contributed by atoms with Gasteiger partial charge in [0.15, 0.2) is 0 Å². The van der Waals surface area contributed by atoms with E-state index in [0.717, 1.165) is 28.8 Å². The molecule has 0 spiro atoms. The number of hydrogen-bond donors (Lipinski definition) is 1. The third-order valence-corrected chi connectivity index (χ3v) is 3.23. The van der Waals surface area contributed by atoms with Crippen LogP contribution in [0.2, 0.25) is 0 Å². The quantitative estimate of drug-likeness (QED) is 0.921. The van der Waals surface area contributed by atoms with E-state index < -0.39 is 28.8 Å². The van der Waals surface area contributed by atoms with Crippen molar-refractivity contribution in [3.63, 3.8) is 0 Å². The normalized spacial score (nSPS) is 11.1. The topological polar surface area (TPSA) is 83.1 Å². The first kappa shape index (κ1) is 16.3. The van der Waals surface area contributed by atoms with Crippen LogP contribution in [0.15, 0.2) is 35.1 Å². The lowest BCUT2D eigenvalue weighted by Crippen LogP contribution is -2.28. The van der Waals surface area contributed by atoms with Crippen molar-refractivity contribution in [2.45, 2.75) is 13.1 Å². The Morgan fingerprint density at radius 2 is 1.96 bits per heavy atom. The highest BCUT2D eigenvalue weighted by Gasteiger charge is 2.31. The summed E-state index contributed by atoms with van der Waals surface area (Å²) < 4.78 is 39.2. The van der Waals surface area contributed by atoms with Crippen molar-refractivity contribution in [3.05, 3.63) is 63.1 Å². The monoisotopic (exact) mass is 322 g/mol. The van der Waals surface area contributed by atoms with Crippen LogP contribution < -0.4 is 5.56 Å². The number of carboxylic acid groups (broad SMARTS) is 1. The van der Waals surface area contributed by atoms with Crippen molar-refractivity contribution in [3.8, 4) is 11.8 Å². The van der Waals surface area contributed by atoms with E-state index in [4.69, 9.17) is 10.4 Å². The van der Waals surface area contributed by atoms with E-state index in [2.05, 4.69) is 0 Å². The second-order valence-electron chi connectivity index (χ2n) is 4.66. The fourth-order valence-corrected chi connectivity index (χ4v) is 2.10. The number of hydrogen-bond acceptors (Lipinski definition) is 3. The number of rotatable bonds is 2. The molecule has 0 atom stereocenters. The van der Waals surface area contributed by atoms with Crippen molar-refractivity contribution in [2.24, 2.45) is 0 Å². The number of pyridine rings is 1. The second-order valence-corrected chi connectivity index (χ2v) is 4.66. The predicted octanol–water partition coefficient (Wildman–Crippen LogP) is 2.73. The molecule has 1 aromatic heterocycles. The van der Waals surface area contributed by atoms with Crippen LogP contribution in [0, 0.1) is 18.3 Å². The zero-order valence-electron chi connectivity index (χ0n) is 11.7. The summed E-state index contributed by atoms with van der Waals surface area (Å²) in [5.74, 6) is -1.56. The molecular weight excluding hydrogens is 313 g/mol. The molecule has 0 aliphatic rings. The molecule has 0 bridgehead atoms. The highest BCUT2D eigenvalue weighted by atomic mass is 19.4. The molecule has 1 heterocycles. The fourth-order valence-electron chi connectivity index (χ4n) is 2.10. The van der Waals surface area contributed by atoms with Gasteiger partial charge in [-0.05, 0) is 31.2 Å². The minimum atomic E-state index is -4.62. The fraction of sp³-hybridized carbons (Fsp3) is 0.133. The van der Waals surface area contributed by atoms with E-state index >= 15 is 0 Å². The van der Waals surface area contributed by atoms with Gasteiger partial charge in [0.05, 0.1) is 11.1 Å². The summed E-state index contributed by atoms with van der Waals surface area (Å²) in [5.41, 5.74) is -2.90. The zero-order valence-corrected chi connectivity index (χ0v) is 11.7. The maximum Gasteiger partial charge on any atom is 0.416 e. The van der Waals surface area contributed by atoms with Crippen molar-refractivity contribution in [1.29, 1.82) is 5.26 Å². The van der Waals surface area contributed by atoms with E-state index in [0.29, 0.717) is 0 Å². The minimum Gasteiger partial charge on any atom is -0.477 e. The van der Waals surface area contributed by atoms with Crippen LogP contribution in [0.3, 0.4) is 0 Å². The second kappa shape index (κ2) is 5.61. The third kappa shape index (κ3) is 2.94. The Balaban J connectivity index is 2.84. The first-order valence-electron chi connectivity index (χ1n) is 6.24. The number of nitriles is 1. The molecule has 0 saturated heterocycles. The van der Waals surface area contributed by atoms with Crippen molar-refractivity contribution in [2.75, 3.05) is 0 Å². The number of carbonyl (C=O) groups is 1. The average molecular weight is 322 g/mol. The molecule has 0 aliphatic heterocycles. The van der Waals surface area contributed by atoms with Crippen LogP contribution in [0.4, 0.5) is 13.2 Å². The van der Waals surface area contributed by atoms with E-state index in [9.17, 15) is 22.8 Å². The number of benzene rings is 1. The molecule has 0 unspecified atom stereocenters. The lowest BCUT2D eigenvalue weighted by molar-refractivity contribution is -0.137. The molecule has 0 fully saturated rings. The van der Waals surface area contributed by atoms with E-state index in [1.165, 1.54) is 13.0 Å². The summed E-state index contributed by atoms with van der Waals surface area (Å²) in [6.45, 7) is 1.35. The molecule has 2 rings (SSSR count). The summed E-state index contributed by atoms with van der Waals surface area (Å²) in [4.78, 5) is 23.4. The number of nitrogens with zero attached hydrogens (tertiary/aromatic N) is 2. The van der Waals surface area contributed by atoms with Crippen LogP contribution in [0.5, 0.6) is 0 Å². The lowest BCUT2D eigenvalue weighted by Gasteiger charge is -2.14. The lowest BCUT2D eigenvalue weighted by atomic mass is 10.1. The summed E-state index contributed by atoms with van der Waals surface area (Å²) in [7, 11) is 0. The first-order valence-corrected chi connectivity index (χ1v) is 6.24. The molecule has 0 aliphatic carbocycles. The van der Waals surface area contributed by atoms with Crippen LogP contribution >= 0.6 is 0 Å². The standard InChI is InChI=1S/C15H9F3N2O3/c1-8-9(7-19)5-12(14(22)23)13(21)20(8)11-4-2-3-10(6-11)15(16,17)18/h2-6H,1H3,(H,22,23). The summed E-state index contributed by atoms with van der Waals surface area (Å²) in [6, 6.07) is 6.52. The SMILES string of the molecule is Cc1c(C#N)cc(C(=O)O)c(=O)n1-c1cccc(C(F)(F)F)c1. The van der Waals surface area contributed by atoms with Crippen LogP contribution in [0.1, 0.15) is 27.2 Å². The Hall–Kier alpha value is -3.08. The van der Waals surface area contributed by atoms with Gasteiger partial charge >= 0.3 is 12.1 Å². The van der Waals surface area contributed by atoms with Gasteiger partial charge in [0, 0.05) is 11.4 Å². The van der Waals surface area contributed by atoms with E-state index in [-0.39, 0.29) is 16.9 Å².